The topological polar surface area (TPSA) is 88.2 Å². The standard InChI is InChI=1S/C17H14ClN3O3S/c1-10-3-2-4-11(7-10)16-20-21-17(24-16)25-9-15(23)19-13-8-12(18)5-6-14(13)22/h2-8,22H,9H2,1H3,(H,19,23). The molecule has 1 amide bonds. The van der Waals surface area contributed by atoms with Crippen LogP contribution in [0.15, 0.2) is 52.1 Å². The number of benzene rings is 2. The Morgan fingerprint density at radius 3 is 2.92 bits per heavy atom. The molecule has 0 radical (unpaired) electrons. The van der Waals surface area contributed by atoms with Gasteiger partial charge in [-0.2, -0.15) is 0 Å². The zero-order valence-electron chi connectivity index (χ0n) is 13.2. The van der Waals surface area contributed by atoms with E-state index in [-0.39, 0.29) is 23.1 Å². The lowest BCUT2D eigenvalue weighted by Gasteiger charge is -2.06. The van der Waals surface area contributed by atoms with Gasteiger partial charge >= 0.3 is 0 Å². The SMILES string of the molecule is Cc1cccc(-c2nnc(SCC(=O)Nc3cc(Cl)ccc3O)o2)c1. The van der Waals surface area contributed by atoms with Gasteiger partial charge in [-0.15, -0.1) is 10.2 Å². The lowest BCUT2D eigenvalue weighted by atomic mass is 10.1. The van der Waals surface area contributed by atoms with Crippen LogP contribution in [-0.4, -0.2) is 27.0 Å². The zero-order valence-corrected chi connectivity index (χ0v) is 14.8. The minimum Gasteiger partial charge on any atom is -0.506 e. The quantitative estimate of drug-likeness (QED) is 0.514. The van der Waals surface area contributed by atoms with Gasteiger partial charge in [-0.25, -0.2) is 0 Å². The smallest absolute Gasteiger partial charge is 0.277 e. The number of rotatable bonds is 5. The Morgan fingerprint density at radius 1 is 1.28 bits per heavy atom. The van der Waals surface area contributed by atoms with Gasteiger partial charge in [-0.1, -0.05) is 41.1 Å². The average Bonchev–Trinajstić information content (AvgIpc) is 3.05. The zero-order chi connectivity index (χ0) is 17.8. The minimum atomic E-state index is -0.321. The molecule has 3 rings (SSSR count). The van der Waals surface area contributed by atoms with Crippen molar-refractivity contribution in [3.05, 3.63) is 53.1 Å². The number of nitrogens with zero attached hydrogens (tertiary/aromatic N) is 2. The lowest BCUT2D eigenvalue weighted by Crippen LogP contribution is -2.14. The summed E-state index contributed by atoms with van der Waals surface area (Å²) in [4.78, 5) is 12.0. The average molecular weight is 376 g/mol. The molecule has 3 aromatic rings. The first kappa shape index (κ1) is 17.3. The van der Waals surface area contributed by atoms with E-state index in [4.69, 9.17) is 16.0 Å². The van der Waals surface area contributed by atoms with Crippen LogP contribution in [0.1, 0.15) is 5.56 Å². The fourth-order valence-electron chi connectivity index (χ4n) is 2.08. The van der Waals surface area contributed by atoms with E-state index in [9.17, 15) is 9.90 Å². The van der Waals surface area contributed by atoms with E-state index in [0.717, 1.165) is 22.9 Å². The summed E-state index contributed by atoms with van der Waals surface area (Å²) in [7, 11) is 0. The lowest BCUT2D eigenvalue weighted by molar-refractivity contribution is -0.113. The Balaban J connectivity index is 1.60. The van der Waals surface area contributed by atoms with Gasteiger partial charge in [0.2, 0.25) is 11.8 Å². The molecule has 25 heavy (non-hydrogen) atoms. The molecule has 6 nitrogen and oxygen atoms in total. The maximum Gasteiger partial charge on any atom is 0.277 e. The van der Waals surface area contributed by atoms with E-state index in [2.05, 4.69) is 15.5 Å². The molecule has 8 heteroatoms. The summed E-state index contributed by atoms with van der Waals surface area (Å²) in [6.45, 7) is 1.98. The molecular formula is C17H14ClN3O3S. The molecule has 0 atom stereocenters. The van der Waals surface area contributed by atoms with Gasteiger partial charge in [0.15, 0.2) is 0 Å². The Labute approximate surface area is 153 Å². The fourth-order valence-corrected chi connectivity index (χ4v) is 2.82. The summed E-state index contributed by atoms with van der Waals surface area (Å²) in [5.41, 5.74) is 2.17. The van der Waals surface area contributed by atoms with E-state index < -0.39 is 0 Å². The largest absolute Gasteiger partial charge is 0.506 e. The van der Waals surface area contributed by atoms with Crippen LogP contribution in [0.25, 0.3) is 11.5 Å². The summed E-state index contributed by atoms with van der Waals surface area (Å²) in [6, 6.07) is 12.1. The van der Waals surface area contributed by atoms with Crippen LogP contribution < -0.4 is 5.32 Å². The van der Waals surface area contributed by atoms with Crippen molar-refractivity contribution < 1.29 is 14.3 Å². The van der Waals surface area contributed by atoms with E-state index in [1.807, 2.05) is 31.2 Å². The highest BCUT2D eigenvalue weighted by Crippen LogP contribution is 2.27. The van der Waals surface area contributed by atoms with Crippen molar-refractivity contribution in [1.29, 1.82) is 0 Å². The van der Waals surface area contributed by atoms with E-state index >= 15 is 0 Å². The van der Waals surface area contributed by atoms with Crippen molar-refractivity contribution in [2.24, 2.45) is 0 Å². The highest BCUT2D eigenvalue weighted by Gasteiger charge is 2.12. The number of thioether (sulfide) groups is 1. The van der Waals surface area contributed by atoms with Crippen molar-refractivity contribution in [3.8, 4) is 17.2 Å². The van der Waals surface area contributed by atoms with Crippen LogP contribution in [0.4, 0.5) is 5.69 Å². The van der Waals surface area contributed by atoms with Gasteiger partial charge in [-0.3, -0.25) is 4.79 Å². The number of aryl methyl sites for hydroxylation is 1. The predicted octanol–water partition coefficient (Wildman–Crippen LogP) is 4.13. The molecule has 128 valence electrons. The maximum absolute atomic E-state index is 12.0. The van der Waals surface area contributed by atoms with Crippen molar-refractivity contribution in [2.75, 3.05) is 11.1 Å². The van der Waals surface area contributed by atoms with E-state index in [0.29, 0.717) is 16.1 Å². The van der Waals surface area contributed by atoms with Gasteiger partial charge in [-0.05, 0) is 37.3 Å². The minimum absolute atomic E-state index is 0.0535. The Morgan fingerprint density at radius 2 is 2.12 bits per heavy atom. The molecule has 0 spiro atoms. The molecule has 0 saturated carbocycles. The predicted molar refractivity (Wildman–Crippen MR) is 96.9 cm³/mol. The maximum atomic E-state index is 12.0. The summed E-state index contributed by atoms with van der Waals surface area (Å²) >= 11 is 6.95. The molecule has 1 aromatic heterocycles. The molecule has 0 aliphatic rings. The Bertz CT molecular complexity index is 914. The number of phenolic OH excluding ortho intramolecular Hbond substituents is 1. The number of nitrogens with one attached hydrogen (secondary N) is 1. The van der Waals surface area contributed by atoms with Crippen molar-refractivity contribution in [3.63, 3.8) is 0 Å². The number of halogens is 1. The molecule has 0 unspecified atom stereocenters. The number of carbonyl (C=O) groups is 1. The van der Waals surface area contributed by atoms with Gasteiger partial charge in [0, 0.05) is 10.6 Å². The number of hydrogen-bond donors (Lipinski definition) is 2. The van der Waals surface area contributed by atoms with E-state index in [1.165, 1.54) is 18.2 Å². The van der Waals surface area contributed by atoms with Crippen LogP contribution in [0, 0.1) is 6.92 Å². The highest BCUT2D eigenvalue weighted by molar-refractivity contribution is 7.99. The monoisotopic (exact) mass is 375 g/mol. The summed E-state index contributed by atoms with van der Waals surface area (Å²) in [6.07, 6.45) is 0. The second-order valence-corrected chi connectivity index (χ2v) is 6.60. The number of carbonyl (C=O) groups excluding carboxylic acids is 1. The summed E-state index contributed by atoms with van der Waals surface area (Å²) in [5.74, 6) is 0.0840. The first-order valence-electron chi connectivity index (χ1n) is 7.33. The van der Waals surface area contributed by atoms with Crippen LogP contribution in [-0.2, 0) is 4.79 Å². The Kier molecular flexibility index (Phi) is 5.25. The van der Waals surface area contributed by atoms with Gasteiger partial charge in [0.1, 0.15) is 5.75 Å². The van der Waals surface area contributed by atoms with Gasteiger partial charge < -0.3 is 14.8 Å². The molecule has 2 aromatic carbocycles. The number of aromatic nitrogens is 2. The molecule has 0 fully saturated rings. The normalized spacial score (nSPS) is 10.6. The molecule has 0 aliphatic carbocycles. The Hall–Kier alpha value is -2.51. The third-order valence-electron chi connectivity index (χ3n) is 3.23. The summed E-state index contributed by atoms with van der Waals surface area (Å²) in [5, 5.41) is 20.9. The van der Waals surface area contributed by atoms with Crippen LogP contribution in [0.3, 0.4) is 0 Å². The van der Waals surface area contributed by atoms with Crippen molar-refractivity contribution >= 4 is 35.0 Å². The van der Waals surface area contributed by atoms with Crippen LogP contribution >= 0.6 is 23.4 Å². The van der Waals surface area contributed by atoms with Gasteiger partial charge in [0.05, 0.1) is 11.4 Å². The first-order chi connectivity index (χ1) is 12.0. The molecule has 0 aliphatic heterocycles. The van der Waals surface area contributed by atoms with Crippen molar-refractivity contribution in [2.45, 2.75) is 12.1 Å². The molecule has 0 bridgehead atoms. The fraction of sp³-hybridized carbons (Fsp3) is 0.118. The van der Waals surface area contributed by atoms with Gasteiger partial charge in [0.25, 0.3) is 5.22 Å². The number of phenols is 1. The third kappa shape index (κ3) is 4.52. The van der Waals surface area contributed by atoms with Crippen LogP contribution in [0.2, 0.25) is 5.02 Å². The number of hydrogen-bond acceptors (Lipinski definition) is 6. The molecule has 1 heterocycles. The molecular weight excluding hydrogens is 362 g/mol. The van der Waals surface area contributed by atoms with Crippen molar-refractivity contribution in [1.82, 2.24) is 10.2 Å². The number of anilines is 1. The number of amides is 1. The third-order valence-corrected chi connectivity index (χ3v) is 4.28. The summed E-state index contributed by atoms with van der Waals surface area (Å²) < 4.78 is 5.56. The second-order valence-electron chi connectivity index (χ2n) is 5.24. The highest BCUT2D eigenvalue weighted by atomic mass is 35.5. The number of aromatic hydroxyl groups is 1. The van der Waals surface area contributed by atoms with Crippen LogP contribution in [0.5, 0.6) is 5.75 Å². The van der Waals surface area contributed by atoms with E-state index in [1.54, 1.807) is 0 Å². The molecule has 2 N–H and O–H groups in total. The first-order valence-corrected chi connectivity index (χ1v) is 8.69. The second kappa shape index (κ2) is 7.58. The molecule has 0 saturated heterocycles.